The van der Waals surface area contributed by atoms with Gasteiger partial charge in [-0.25, -0.2) is 14.2 Å². The summed E-state index contributed by atoms with van der Waals surface area (Å²) >= 11 is 0. The molecular weight excluding hydrogens is 465 g/mol. The lowest BCUT2D eigenvalue weighted by Gasteiger charge is -2.15. The van der Waals surface area contributed by atoms with Crippen molar-refractivity contribution in [3.63, 3.8) is 0 Å². The molecule has 184 valence electrons. The van der Waals surface area contributed by atoms with Gasteiger partial charge in [0.05, 0.1) is 39.4 Å². The number of hydrogen-bond donors (Lipinski definition) is 3. The Morgan fingerprint density at radius 2 is 1.50 bits per heavy atom. The third-order valence-electron chi connectivity index (χ3n) is 5.09. The average molecular weight is 490 g/mol. The van der Waals surface area contributed by atoms with Gasteiger partial charge in [0.15, 0.2) is 11.5 Å². The third kappa shape index (κ3) is 5.79. The van der Waals surface area contributed by atoms with Crippen LogP contribution in [0.15, 0.2) is 73.1 Å². The van der Waals surface area contributed by atoms with Gasteiger partial charge in [-0.3, -0.25) is 4.98 Å². The van der Waals surface area contributed by atoms with Gasteiger partial charge in [0.25, 0.3) is 0 Å². The van der Waals surface area contributed by atoms with E-state index >= 15 is 0 Å². The molecule has 0 aliphatic rings. The van der Waals surface area contributed by atoms with Crippen molar-refractivity contribution in [1.29, 1.82) is 0 Å². The summed E-state index contributed by atoms with van der Waals surface area (Å²) in [6.45, 7) is 0. The van der Waals surface area contributed by atoms with Crippen LogP contribution in [0, 0.1) is 5.82 Å². The van der Waals surface area contributed by atoms with Crippen molar-refractivity contribution >= 4 is 28.9 Å². The largest absolute Gasteiger partial charge is 0.493 e. The highest BCUT2D eigenvalue weighted by Gasteiger charge is 2.14. The molecule has 0 aliphatic heterocycles. The lowest BCUT2D eigenvalue weighted by molar-refractivity contribution is 0.262. The van der Waals surface area contributed by atoms with Gasteiger partial charge >= 0.3 is 6.03 Å². The molecular formula is C26H24FN5O4. The van der Waals surface area contributed by atoms with E-state index in [-0.39, 0.29) is 0 Å². The minimum absolute atomic E-state index is 0.357. The Balaban J connectivity index is 1.46. The molecule has 4 aromatic rings. The monoisotopic (exact) mass is 489 g/mol. The molecule has 0 radical (unpaired) electrons. The SMILES string of the molecule is COc1cc(Nc2cncc(-c3ccc(NC(=O)Nc4cccc(F)c4)cc3)n2)cc(OC)c1OC. The number of ether oxygens (including phenoxy) is 3. The first kappa shape index (κ1) is 24.3. The number of nitrogens with zero attached hydrogens (tertiary/aromatic N) is 2. The molecule has 0 saturated carbocycles. The summed E-state index contributed by atoms with van der Waals surface area (Å²) in [5, 5.41) is 8.49. The van der Waals surface area contributed by atoms with Crippen LogP contribution >= 0.6 is 0 Å². The minimum Gasteiger partial charge on any atom is -0.493 e. The first-order chi connectivity index (χ1) is 17.5. The van der Waals surface area contributed by atoms with Crippen LogP contribution in [-0.2, 0) is 0 Å². The summed E-state index contributed by atoms with van der Waals surface area (Å²) in [4.78, 5) is 21.1. The number of halogens is 1. The first-order valence-corrected chi connectivity index (χ1v) is 10.8. The van der Waals surface area contributed by atoms with Crippen molar-refractivity contribution in [2.75, 3.05) is 37.3 Å². The molecule has 2 amide bonds. The van der Waals surface area contributed by atoms with Crippen LogP contribution in [0.4, 0.5) is 32.1 Å². The molecule has 10 heteroatoms. The Hall–Kier alpha value is -4.86. The molecule has 0 bridgehead atoms. The number of methoxy groups -OCH3 is 3. The molecule has 1 aromatic heterocycles. The molecule has 3 aromatic carbocycles. The second kappa shape index (κ2) is 11.0. The summed E-state index contributed by atoms with van der Waals surface area (Å²) < 4.78 is 29.4. The van der Waals surface area contributed by atoms with Crippen molar-refractivity contribution < 1.29 is 23.4 Å². The maximum atomic E-state index is 13.3. The Labute approximate surface area is 207 Å². The molecule has 0 saturated heterocycles. The van der Waals surface area contributed by atoms with Gasteiger partial charge in [0.1, 0.15) is 11.6 Å². The van der Waals surface area contributed by atoms with Gasteiger partial charge in [0.2, 0.25) is 5.75 Å². The highest BCUT2D eigenvalue weighted by Crippen LogP contribution is 2.40. The van der Waals surface area contributed by atoms with E-state index < -0.39 is 11.8 Å². The summed E-state index contributed by atoms with van der Waals surface area (Å²) in [6, 6.07) is 15.8. The maximum absolute atomic E-state index is 13.3. The summed E-state index contributed by atoms with van der Waals surface area (Å²) in [6.07, 6.45) is 3.23. The standard InChI is InChI=1S/C26H24FN5O4/c1-34-22-12-20(13-23(35-2)25(22)36-3)29-24-15-28-14-21(32-24)16-7-9-18(10-8-16)30-26(33)31-19-6-4-5-17(27)11-19/h4-15H,1-3H3,(H,29,32)(H2,30,31,33). The van der Waals surface area contributed by atoms with Crippen molar-refractivity contribution in [3.8, 4) is 28.5 Å². The van der Waals surface area contributed by atoms with Gasteiger partial charge in [-0.2, -0.15) is 0 Å². The molecule has 0 atom stereocenters. The Kier molecular flexibility index (Phi) is 7.45. The average Bonchev–Trinajstić information content (AvgIpc) is 2.88. The zero-order valence-electron chi connectivity index (χ0n) is 19.8. The molecule has 3 N–H and O–H groups in total. The van der Waals surface area contributed by atoms with Crippen molar-refractivity contribution in [1.82, 2.24) is 9.97 Å². The Morgan fingerprint density at radius 3 is 2.14 bits per heavy atom. The predicted octanol–water partition coefficient (Wildman–Crippen LogP) is 5.70. The molecule has 0 spiro atoms. The van der Waals surface area contributed by atoms with Gasteiger partial charge in [-0.1, -0.05) is 18.2 Å². The maximum Gasteiger partial charge on any atom is 0.323 e. The van der Waals surface area contributed by atoms with Crippen LogP contribution in [0.2, 0.25) is 0 Å². The van der Waals surface area contributed by atoms with E-state index in [1.807, 2.05) is 12.1 Å². The van der Waals surface area contributed by atoms with E-state index in [4.69, 9.17) is 14.2 Å². The van der Waals surface area contributed by atoms with E-state index in [2.05, 4.69) is 25.9 Å². The lowest BCUT2D eigenvalue weighted by atomic mass is 10.1. The molecule has 0 fully saturated rings. The highest BCUT2D eigenvalue weighted by atomic mass is 19.1. The highest BCUT2D eigenvalue weighted by molar-refractivity contribution is 5.99. The number of amides is 2. The quantitative estimate of drug-likeness (QED) is 0.292. The Morgan fingerprint density at radius 1 is 0.806 bits per heavy atom. The second-order valence-corrected chi connectivity index (χ2v) is 7.50. The zero-order chi connectivity index (χ0) is 25.5. The number of carbonyl (C=O) groups is 1. The van der Waals surface area contributed by atoms with Crippen LogP contribution in [0.5, 0.6) is 17.2 Å². The number of hydrogen-bond acceptors (Lipinski definition) is 7. The van der Waals surface area contributed by atoms with E-state index in [9.17, 15) is 9.18 Å². The number of carbonyl (C=O) groups excluding carboxylic acids is 1. The topological polar surface area (TPSA) is 107 Å². The van der Waals surface area contributed by atoms with Crippen molar-refractivity contribution in [2.24, 2.45) is 0 Å². The van der Waals surface area contributed by atoms with Crippen LogP contribution in [-0.4, -0.2) is 37.3 Å². The normalized spacial score (nSPS) is 10.3. The van der Waals surface area contributed by atoms with Gasteiger partial charge < -0.3 is 30.2 Å². The van der Waals surface area contributed by atoms with Gasteiger partial charge in [-0.15, -0.1) is 0 Å². The summed E-state index contributed by atoms with van der Waals surface area (Å²) in [7, 11) is 4.64. The van der Waals surface area contributed by atoms with E-state index in [0.717, 1.165) is 5.56 Å². The first-order valence-electron chi connectivity index (χ1n) is 10.8. The lowest BCUT2D eigenvalue weighted by Crippen LogP contribution is -2.19. The number of benzene rings is 3. The van der Waals surface area contributed by atoms with E-state index in [1.54, 1.807) is 64.1 Å². The van der Waals surface area contributed by atoms with Crippen LogP contribution in [0.3, 0.4) is 0 Å². The van der Waals surface area contributed by atoms with Gasteiger partial charge in [0, 0.05) is 34.8 Å². The third-order valence-corrected chi connectivity index (χ3v) is 5.09. The minimum atomic E-state index is -0.482. The molecule has 9 nitrogen and oxygen atoms in total. The van der Waals surface area contributed by atoms with Crippen LogP contribution < -0.4 is 30.2 Å². The van der Waals surface area contributed by atoms with Crippen molar-refractivity contribution in [3.05, 3.63) is 78.9 Å². The fourth-order valence-corrected chi connectivity index (χ4v) is 3.45. The molecule has 1 heterocycles. The molecule has 0 aliphatic carbocycles. The van der Waals surface area contributed by atoms with E-state index in [1.165, 1.54) is 18.2 Å². The summed E-state index contributed by atoms with van der Waals surface area (Å²) in [5.74, 6) is 1.59. The van der Waals surface area contributed by atoms with Crippen LogP contribution in [0.1, 0.15) is 0 Å². The fraction of sp³-hybridized carbons (Fsp3) is 0.115. The number of aromatic nitrogens is 2. The van der Waals surface area contributed by atoms with Crippen LogP contribution in [0.25, 0.3) is 11.3 Å². The number of rotatable bonds is 8. The summed E-state index contributed by atoms with van der Waals surface area (Å²) in [5.41, 5.74) is 3.03. The second-order valence-electron chi connectivity index (χ2n) is 7.50. The van der Waals surface area contributed by atoms with Gasteiger partial charge in [-0.05, 0) is 30.3 Å². The van der Waals surface area contributed by atoms with Crippen molar-refractivity contribution in [2.45, 2.75) is 0 Å². The number of anilines is 4. The van der Waals surface area contributed by atoms with E-state index in [0.29, 0.717) is 45.8 Å². The number of nitrogens with one attached hydrogen (secondary N) is 3. The molecule has 36 heavy (non-hydrogen) atoms. The number of urea groups is 1. The molecule has 4 rings (SSSR count). The smallest absolute Gasteiger partial charge is 0.323 e. The predicted molar refractivity (Wildman–Crippen MR) is 136 cm³/mol. The zero-order valence-corrected chi connectivity index (χ0v) is 19.8. The Bertz CT molecular complexity index is 1340. The molecule has 0 unspecified atom stereocenters. The fourth-order valence-electron chi connectivity index (χ4n) is 3.45.